The van der Waals surface area contributed by atoms with Gasteiger partial charge in [0, 0.05) is 11.0 Å². The number of aromatic hydroxyl groups is 1. The molecular formula is C16H17NO2. The summed E-state index contributed by atoms with van der Waals surface area (Å²) in [5.41, 5.74) is 2.41. The molecule has 0 spiro atoms. The van der Waals surface area contributed by atoms with Gasteiger partial charge in [0.15, 0.2) is 0 Å². The number of nitrogens with zero attached hydrogens (tertiary/aromatic N) is 1. The monoisotopic (exact) mass is 255 g/mol. The molecule has 0 fully saturated rings. The van der Waals surface area contributed by atoms with E-state index in [4.69, 9.17) is 0 Å². The molecule has 0 atom stereocenters. The zero-order valence-electron chi connectivity index (χ0n) is 11.3. The van der Waals surface area contributed by atoms with E-state index < -0.39 is 5.41 Å². The lowest BCUT2D eigenvalue weighted by Crippen LogP contribution is -2.19. The van der Waals surface area contributed by atoms with Crippen molar-refractivity contribution in [3.05, 3.63) is 64.1 Å². The van der Waals surface area contributed by atoms with Crippen LogP contribution in [0.25, 0.3) is 0 Å². The summed E-state index contributed by atoms with van der Waals surface area (Å²) in [6.45, 7) is 5.93. The van der Waals surface area contributed by atoms with Crippen molar-refractivity contribution >= 4 is 5.69 Å². The Kier molecular flexibility index (Phi) is 3.38. The quantitative estimate of drug-likeness (QED) is 0.825. The van der Waals surface area contributed by atoms with E-state index in [1.165, 1.54) is 0 Å². The van der Waals surface area contributed by atoms with Crippen LogP contribution in [0.1, 0.15) is 30.5 Å². The fourth-order valence-corrected chi connectivity index (χ4v) is 2.32. The van der Waals surface area contributed by atoms with Gasteiger partial charge in [-0.1, -0.05) is 50.2 Å². The second-order valence-corrected chi connectivity index (χ2v) is 5.26. The Morgan fingerprint density at radius 2 is 1.74 bits per heavy atom. The average Bonchev–Trinajstić information content (AvgIpc) is 2.41. The molecule has 0 heterocycles. The second-order valence-electron chi connectivity index (χ2n) is 5.26. The zero-order valence-corrected chi connectivity index (χ0v) is 11.3. The van der Waals surface area contributed by atoms with Gasteiger partial charge in [0.1, 0.15) is 11.4 Å². The first-order valence-electron chi connectivity index (χ1n) is 6.20. The lowest BCUT2D eigenvalue weighted by molar-refractivity contribution is 0.454. The van der Waals surface area contributed by atoms with Crippen LogP contribution in [0.4, 0.5) is 5.69 Å². The summed E-state index contributed by atoms with van der Waals surface area (Å²) in [6.07, 6.45) is 0. The lowest BCUT2D eigenvalue weighted by Gasteiger charge is -2.27. The van der Waals surface area contributed by atoms with Crippen LogP contribution in [0.5, 0.6) is 5.75 Å². The van der Waals surface area contributed by atoms with Gasteiger partial charge in [-0.15, -0.1) is 4.91 Å². The molecule has 0 aliphatic carbocycles. The van der Waals surface area contributed by atoms with Crippen molar-refractivity contribution in [2.45, 2.75) is 26.2 Å². The van der Waals surface area contributed by atoms with E-state index in [0.717, 1.165) is 11.1 Å². The van der Waals surface area contributed by atoms with Gasteiger partial charge in [-0.3, -0.25) is 0 Å². The number of phenols is 1. The Balaban J connectivity index is 2.64. The Bertz CT molecular complexity index is 604. The summed E-state index contributed by atoms with van der Waals surface area (Å²) < 4.78 is 0. The van der Waals surface area contributed by atoms with E-state index in [-0.39, 0.29) is 11.4 Å². The number of rotatable bonds is 3. The molecule has 3 nitrogen and oxygen atoms in total. The number of nitroso groups, excluding NO2 is 1. The van der Waals surface area contributed by atoms with Gasteiger partial charge in [-0.25, -0.2) is 0 Å². The minimum Gasteiger partial charge on any atom is -0.505 e. The normalized spacial score (nSPS) is 11.3. The third-order valence-corrected chi connectivity index (χ3v) is 3.50. The molecule has 0 amide bonds. The maximum atomic E-state index is 10.8. The van der Waals surface area contributed by atoms with E-state index in [2.05, 4.69) is 5.18 Å². The molecule has 0 saturated carbocycles. The molecule has 0 aliphatic rings. The van der Waals surface area contributed by atoms with E-state index >= 15 is 0 Å². The third-order valence-electron chi connectivity index (χ3n) is 3.50. The fraction of sp³-hybridized carbons (Fsp3) is 0.250. The predicted octanol–water partition coefficient (Wildman–Crippen LogP) is 4.42. The van der Waals surface area contributed by atoms with Crippen LogP contribution in [0.15, 0.2) is 47.6 Å². The minimum atomic E-state index is -0.392. The molecule has 98 valence electrons. The summed E-state index contributed by atoms with van der Waals surface area (Å²) in [4.78, 5) is 10.8. The SMILES string of the molecule is Cc1cc(N=O)c(O)c(C(C)(C)c2ccccc2)c1. The Labute approximate surface area is 112 Å². The molecule has 0 aromatic heterocycles. The van der Waals surface area contributed by atoms with Crippen LogP contribution in [-0.2, 0) is 5.41 Å². The molecular weight excluding hydrogens is 238 g/mol. The number of aryl methyl sites for hydroxylation is 1. The van der Waals surface area contributed by atoms with E-state index in [0.29, 0.717) is 5.56 Å². The maximum Gasteiger partial charge on any atom is 0.150 e. The Morgan fingerprint density at radius 3 is 2.32 bits per heavy atom. The molecule has 0 aliphatic heterocycles. The van der Waals surface area contributed by atoms with Crippen LogP contribution < -0.4 is 0 Å². The molecule has 0 saturated heterocycles. The van der Waals surface area contributed by atoms with Gasteiger partial charge >= 0.3 is 0 Å². The van der Waals surface area contributed by atoms with Crippen molar-refractivity contribution in [1.29, 1.82) is 0 Å². The van der Waals surface area contributed by atoms with Crippen molar-refractivity contribution in [2.24, 2.45) is 5.18 Å². The van der Waals surface area contributed by atoms with Crippen molar-refractivity contribution in [2.75, 3.05) is 0 Å². The zero-order chi connectivity index (χ0) is 14.0. The molecule has 2 rings (SSSR count). The second kappa shape index (κ2) is 4.84. The third kappa shape index (κ3) is 2.36. The van der Waals surface area contributed by atoms with Crippen LogP contribution in [-0.4, -0.2) is 5.11 Å². The van der Waals surface area contributed by atoms with Crippen molar-refractivity contribution in [3.63, 3.8) is 0 Å². The predicted molar refractivity (Wildman–Crippen MR) is 76.9 cm³/mol. The highest BCUT2D eigenvalue weighted by atomic mass is 16.3. The van der Waals surface area contributed by atoms with Crippen LogP contribution >= 0.6 is 0 Å². The van der Waals surface area contributed by atoms with Gasteiger partial charge in [0.25, 0.3) is 0 Å². The maximum absolute atomic E-state index is 10.8. The summed E-state index contributed by atoms with van der Waals surface area (Å²) in [6, 6.07) is 13.4. The molecule has 0 unspecified atom stereocenters. The summed E-state index contributed by atoms with van der Waals surface area (Å²) >= 11 is 0. The lowest BCUT2D eigenvalue weighted by atomic mass is 9.77. The van der Waals surface area contributed by atoms with Gasteiger partial charge in [-0.05, 0) is 29.3 Å². The highest BCUT2D eigenvalue weighted by Crippen LogP contribution is 2.42. The molecule has 3 heteroatoms. The van der Waals surface area contributed by atoms with Crippen LogP contribution in [0.3, 0.4) is 0 Å². The summed E-state index contributed by atoms with van der Waals surface area (Å²) in [5.74, 6) is -0.0329. The number of benzene rings is 2. The molecule has 2 aromatic carbocycles. The summed E-state index contributed by atoms with van der Waals surface area (Å²) in [7, 11) is 0. The van der Waals surface area contributed by atoms with Crippen molar-refractivity contribution in [1.82, 2.24) is 0 Å². The van der Waals surface area contributed by atoms with Crippen molar-refractivity contribution < 1.29 is 5.11 Å². The summed E-state index contributed by atoms with van der Waals surface area (Å²) in [5, 5.41) is 13.1. The Morgan fingerprint density at radius 1 is 1.11 bits per heavy atom. The molecule has 2 aromatic rings. The molecule has 19 heavy (non-hydrogen) atoms. The minimum absolute atomic E-state index is 0.0329. The first-order chi connectivity index (χ1) is 8.96. The topological polar surface area (TPSA) is 49.7 Å². The molecule has 1 N–H and O–H groups in total. The van der Waals surface area contributed by atoms with Crippen LogP contribution in [0, 0.1) is 11.8 Å². The largest absolute Gasteiger partial charge is 0.505 e. The van der Waals surface area contributed by atoms with Crippen molar-refractivity contribution in [3.8, 4) is 5.75 Å². The van der Waals surface area contributed by atoms with Crippen LogP contribution in [0.2, 0.25) is 0 Å². The first-order valence-corrected chi connectivity index (χ1v) is 6.20. The van der Waals surface area contributed by atoms with E-state index in [9.17, 15) is 10.0 Å². The molecule has 0 radical (unpaired) electrons. The fourth-order valence-electron chi connectivity index (χ4n) is 2.32. The van der Waals surface area contributed by atoms with Gasteiger partial charge in [0.05, 0.1) is 0 Å². The number of hydrogen-bond acceptors (Lipinski definition) is 3. The van der Waals surface area contributed by atoms with Gasteiger partial charge < -0.3 is 5.11 Å². The molecule has 0 bridgehead atoms. The van der Waals surface area contributed by atoms with Gasteiger partial charge in [-0.2, -0.15) is 0 Å². The standard InChI is InChI=1S/C16H17NO2/c1-11-9-13(15(18)14(10-11)17-19)16(2,3)12-7-5-4-6-8-12/h4-10,18H,1-3H3. The van der Waals surface area contributed by atoms with E-state index in [1.807, 2.05) is 57.2 Å². The highest BCUT2D eigenvalue weighted by molar-refractivity contribution is 5.61. The first kappa shape index (κ1) is 13.3. The van der Waals surface area contributed by atoms with Gasteiger partial charge in [0.2, 0.25) is 0 Å². The number of hydrogen-bond donors (Lipinski definition) is 1. The smallest absolute Gasteiger partial charge is 0.150 e. The number of phenolic OH excluding ortho intramolecular Hbond substituents is 1. The Hall–Kier alpha value is -2.16. The van der Waals surface area contributed by atoms with E-state index in [1.54, 1.807) is 6.07 Å². The highest BCUT2D eigenvalue weighted by Gasteiger charge is 2.27. The average molecular weight is 255 g/mol.